The van der Waals surface area contributed by atoms with Crippen LogP contribution in [0.3, 0.4) is 0 Å². The molecule has 0 spiro atoms. The molecule has 1 unspecified atom stereocenters. The van der Waals surface area contributed by atoms with Gasteiger partial charge in [0.2, 0.25) is 5.91 Å². The Morgan fingerprint density at radius 2 is 2.03 bits per heavy atom. The summed E-state index contributed by atoms with van der Waals surface area (Å²) < 4.78 is 1.31. The Bertz CT molecular complexity index is 1310. The number of nitrogens with one attached hydrogen (secondary N) is 3. The summed E-state index contributed by atoms with van der Waals surface area (Å²) in [5.74, 6) is 0.0879. The monoisotopic (exact) mass is 451 g/mol. The molecule has 1 atom stereocenters. The maximum atomic E-state index is 13.4. The van der Waals surface area contributed by atoms with Crippen molar-refractivity contribution in [1.82, 2.24) is 24.8 Å². The van der Waals surface area contributed by atoms with Crippen molar-refractivity contribution in [2.45, 2.75) is 25.4 Å². The molecular formula is C21H18ClN7O3. The second-order valence-corrected chi connectivity index (χ2v) is 8.25. The fourth-order valence-electron chi connectivity index (χ4n) is 3.71. The predicted molar refractivity (Wildman–Crippen MR) is 117 cm³/mol. The molecule has 10 nitrogen and oxygen atoms in total. The van der Waals surface area contributed by atoms with E-state index in [1.807, 2.05) is 0 Å². The topological polar surface area (TPSA) is 131 Å². The van der Waals surface area contributed by atoms with Crippen LogP contribution in [0.5, 0.6) is 0 Å². The van der Waals surface area contributed by atoms with E-state index in [0.29, 0.717) is 17.2 Å². The average molecular weight is 452 g/mol. The van der Waals surface area contributed by atoms with Gasteiger partial charge in [0.25, 0.3) is 11.5 Å². The van der Waals surface area contributed by atoms with Gasteiger partial charge in [-0.15, -0.1) is 0 Å². The first kappa shape index (κ1) is 20.1. The standard InChI is InChI=1S/C21H18ClN7O3/c1-21(12-3-2-6-23-9-12)28-19(31)17-13(22)7-14(20(32)29(17)21)26-15-8-16(25-10-24-15)27-18(30)11-4-5-11/h2-3,6-11H,4-5H2,1H3,(H,28,31)(H2,24,25,26,27,30). The van der Waals surface area contributed by atoms with Crippen LogP contribution in [0.4, 0.5) is 17.3 Å². The minimum Gasteiger partial charge on any atom is -0.336 e. The molecule has 1 aliphatic carbocycles. The van der Waals surface area contributed by atoms with Crippen molar-refractivity contribution in [3.05, 3.63) is 69.6 Å². The van der Waals surface area contributed by atoms with Gasteiger partial charge in [-0.2, -0.15) is 0 Å². The number of nitrogens with zero attached hydrogens (tertiary/aromatic N) is 4. The van der Waals surface area contributed by atoms with Crippen molar-refractivity contribution in [2.75, 3.05) is 10.6 Å². The lowest BCUT2D eigenvalue weighted by molar-refractivity contribution is -0.117. The number of anilines is 3. The van der Waals surface area contributed by atoms with Crippen LogP contribution in [0.1, 0.15) is 35.8 Å². The first-order chi connectivity index (χ1) is 15.4. The van der Waals surface area contributed by atoms with Gasteiger partial charge < -0.3 is 16.0 Å². The third kappa shape index (κ3) is 3.38. The van der Waals surface area contributed by atoms with Crippen molar-refractivity contribution in [2.24, 2.45) is 5.92 Å². The Hall–Kier alpha value is -3.79. The van der Waals surface area contributed by atoms with Crippen molar-refractivity contribution in [1.29, 1.82) is 0 Å². The van der Waals surface area contributed by atoms with Gasteiger partial charge >= 0.3 is 0 Å². The fourth-order valence-corrected chi connectivity index (χ4v) is 3.99. The predicted octanol–water partition coefficient (Wildman–Crippen LogP) is 2.24. The highest BCUT2D eigenvalue weighted by molar-refractivity contribution is 6.34. The van der Waals surface area contributed by atoms with Crippen LogP contribution in [-0.2, 0) is 10.5 Å². The van der Waals surface area contributed by atoms with Gasteiger partial charge in [-0.25, -0.2) is 9.97 Å². The second-order valence-electron chi connectivity index (χ2n) is 7.84. The van der Waals surface area contributed by atoms with E-state index < -0.39 is 17.1 Å². The lowest BCUT2D eigenvalue weighted by Gasteiger charge is -2.27. The largest absolute Gasteiger partial charge is 0.336 e. The van der Waals surface area contributed by atoms with Crippen LogP contribution in [0.2, 0.25) is 5.02 Å². The Balaban J connectivity index is 1.53. The van der Waals surface area contributed by atoms with E-state index in [1.165, 1.54) is 23.0 Å². The molecular weight excluding hydrogens is 434 g/mol. The highest BCUT2D eigenvalue weighted by Crippen LogP contribution is 2.33. The Morgan fingerprint density at radius 3 is 2.75 bits per heavy atom. The van der Waals surface area contributed by atoms with E-state index in [2.05, 4.69) is 30.9 Å². The van der Waals surface area contributed by atoms with E-state index in [9.17, 15) is 14.4 Å². The fraction of sp³-hybridized carbons (Fsp3) is 0.238. The summed E-state index contributed by atoms with van der Waals surface area (Å²) in [6.07, 6.45) is 6.20. The van der Waals surface area contributed by atoms with Crippen LogP contribution >= 0.6 is 11.6 Å². The molecule has 3 aromatic rings. The van der Waals surface area contributed by atoms with Crippen molar-refractivity contribution in [3.63, 3.8) is 0 Å². The van der Waals surface area contributed by atoms with E-state index in [1.54, 1.807) is 31.5 Å². The molecule has 3 N–H and O–H groups in total. The Morgan fingerprint density at radius 1 is 1.25 bits per heavy atom. The Labute approximate surface area is 187 Å². The molecule has 0 bridgehead atoms. The molecule has 0 radical (unpaired) electrons. The molecule has 0 aromatic carbocycles. The number of fused-ring (bicyclic) bond motifs is 1. The highest BCUT2D eigenvalue weighted by Gasteiger charge is 2.43. The van der Waals surface area contributed by atoms with Crippen LogP contribution in [-0.4, -0.2) is 31.3 Å². The average Bonchev–Trinajstić information content (AvgIpc) is 3.58. The summed E-state index contributed by atoms with van der Waals surface area (Å²) in [5.41, 5.74) is -0.850. The van der Waals surface area contributed by atoms with E-state index in [0.717, 1.165) is 12.8 Å². The van der Waals surface area contributed by atoms with E-state index in [4.69, 9.17) is 11.6 Å². The molecule has 162 valence electrons. The molecule has 1 aliphatic heterocycles. The van der Waals surface area contributed by atoms with E-state index in [-0.39, 0.29) is 28.2 Å². The lowest BCUT2D eigenvalue weighted by atomic mass is 10.0. The number of hydrogen-bond acceptors (Lipinski definition) is 7. The van der Waals surface area contributed by atoms with Gasteiger partial charge in [0.1, 0.15) is 35.0 Å². The number of aromatic nitrogens is 4. The highest BCUT2D eigenvalue weighted by atomic mass is 35.5. The van der Waals surface area contributed by atoms with Crippen LogP contribution in [0.15, 0.2) is 47.8 Å². The summed E-state index contributed by atoms with van der Waals surface area (Å²) in [4.78, 5) is 50.3. The molecule has 5 rings (SSSR count). The Kier molecular flexibility index (Phi) is 4.66. The number of pyridine rings is 2. The SMILES string of the molecule is CC1(c2cccnc2)NC(=O)c2c(Cl)cc(Nc3cc(NC(=O)C4CC4)ncn3)c(=O)n21. The van der Waals surface area contributed by atoms with Gasteiger partial charge in [-0.3, -0.25) is 23.9 Å². The van der Waals surface area contributed by atoms with E-state index >= 15 is 0 Å². The summed E-state index contributed by atoms with van der Waals surface area (Å²) in [7, 11) is 0. The third-order valence-corrected chi connectivity index (χ3v) is 5.81. The maximum Gasteiger partial charge on any atom is 0.277 e. The van der Waals surface area contributed by atoms with Crippen LogP contribution < -0.4 is 21.5 Å². The van der Waals surface area contributed by atoms with Gasteiger partial charge in [0.15, 0.2) is 0 Å². The van der Waals surface area contributed by atoms with Gasteiger partial charge in [0, 0.05) is 29.9 Å². The quantitative estimate of drug-likeness (QED) is 0.542. The van der Waals surface area contributed by atoms with Gasteiger partial charge in [-0.05, 0) is 31.9 Å². The number of rotatable bonds is 5. The first-order valence-corrected chi connectivity index (χ1v) is 10.3. The number of halogens is 1. The number of hydrogen-bond donors (Lipinski definition) is 3. The molecule has 11 heteroatoms. The minimum atomic E-state index is -1.17. The molecule has 1 fully saturated rings. The summed E-state index contributed by atoms with van der Waals surface area (Å²) in [5, 5.41) is 8.60. The number of carbonyl (C=O) groups is 2. The number of amides is 2. The smallest absolute Gasteiger partial charge is 0.277 e. The summed E-state index contributed by atoms with van der Waals surface area (Å²) in [6, 6.07) is 6.39. The normalized spacial score (nSPS) is 19.2. The molecule has 2 amide bonds. The van der Waals surface area contributed by atoms with Crippen molar-refractivity contribution < 1.29 is 9.59 Å². The van der Waals surface area contributed by atoms with Gasteiger partial charge in [0.05, 0.1) is 5.02 Å². The van der Waals surface area contributed by atoms with Crippen molar-refractivity contribution >= 4 is 40.7 Å². The lowest BCUT2D eigenvalue weighted by Crippen LogP contribution is -2.46. The van der Waals surface area contributed by atoms with Crippen LogP contribution in [0.25, 0.3) is 0 Å². The third-order valence-electron chi connectivity index (χ3n) is 5.53. The minimum absolute atomic E-state index is 0.0247. The molecule has 1 saturated carbocycles. The zero-order valence-corrected chi connectivity index (χ0v) is 17.7. The molecule has 3 aromatic heterocycles. The van der Waals surface area contributed by atoms with Crippen LogP contribution in [0, 0.1) is 5.92 Å². The molecule has 2 aliphatic rings. The molecule has 4 heterocycles. The zero-order chi connectivity index (χ0) is 22.5. The van der Waals surface area contributed by atoms with Crippen molar-refractivity contribution in [3.8, 4) is 0 Å². The van der Waals surface area contributed by atoms with Gasteiger partial charge in [-0.1, -0.05) is 17.7 Å². The first-order valence-electron chi connectivity index (χ1n) is 9.96. The summed E-state index contributed by atoms with van der Waals surface area (Å²) >= 11 is 6.40. The number of carbonyl (C=O) groups excluding carboxylic acids is 2. The molecule has 0 saturated heterocycles. The second kappa shape index (κ2) is 7.41. The summed E-state index contributed by atoms with van der Waals surface area (Å²) in [6.45, 7) is 1.70. The molecule has 32 heavy (non-hydrogen) atoms. The zero-order valence-electron chi connectivity index (χ0n) is 16.9. The maximum absolute atomic E-state index is 13.4.